The standard InChI is InChI=1S/C29H30N4O3/c1-3-36-24-8-6-7-21(17-24)19-30-27(34)22-11-14-25-26(18-22)31-29(32-15-4-5-16-32)33(28(25)35)23-12-9-20(2)10-13-23/h6-14,17-18H,3-5,15-16,19H2,1-2H3,(H,30,34). The number of aromatic nitrogens is 2. The zero-order chi connectivity index (χ0) is 25.1. The maximum absolute atomic E-state index is 13.7. The van der Waals surface area contributed by atoms with E-state index in [-0.39, 0.29) is 11.5 Å². The summed E-state index contributed by atoms with van der Waals surface area (Å²) < 4.78 is 7.23. The lowest BCUT2D eigenvalue weighted by Crippen LogP contribution is -2.30. The van der Waals surface area contributed by atoms with Gasteiger partial charge in [-0.25, -0.2) is 9.55 Å². The normalized spacial score (nSPS) is 13.2. The van der Waals surface area contributed by atoms with Gasteiger partial charge in [-0.3, -0.25) is 9.59 Å². The lowest BCUT2D eigenvalue weighted by atomic mass is 10.1. The summed E-state index contributed by atoms with van der Waals surface area (Å²) in [6.45, 7) is 6.63. The molecule has 3 aromatic carbocycles. The smallest absolute Gasteiger partial charge is 0.267 e. The number of aryl methyl sites for hydroxylation is 1. The van der Waals surface area contributed by atoms with Crippen molar-refractivity contribution >= 4 is 22.8 Å². The Morgan fingerprint density at radius 3 is 2.56 bits per heavy atom. The Morgan fingerprint density at radius 2 is 1.81 bits per heavy atom. The second-order valence-corrected chi connectivity index (χ2v) is 9.08. The topological polar surface area (TPSA) is 76.5 Å². The summed E-state index contributed by atoms with van der Waals surface area (Å²) >= 11 is 0. The van der Waals surface area contributed by atoms with Crippen LogP contribution in [-0.2, 0) is 6.54 Å². The van der Waals surface area contributed by atoms with Crippen molar-refractivity contribution in [2.24, 2.45) is 0 Å². The third kappa shape index (κ3) is 4.82. The number of rotatable bonds is 7. The third-order valence-corrected chi connectivity index (χ3v) is 6.46. The third-order valence-electron chi connectivity index (χ3n) is 6.46. The lowest BCUT2D eigenvalue weighted by Gasteiger charge is -2.22. The highest BCUT2D eigenvalue weighted by atomic mass is 16.5. The Kier molecular flexibility index (Phi) is 6.71. The number of benzene rings is 3. The van der Waals surface area contributed by atoms with Crippen LogP contribution in [0.2, 0.25) is 0 Å². The molecular weight excluding hydrogens is 452 g/mol. The fourth-order valence-corrected chi connectivity index (χ4v) is 4.57. The van der Waals surface area contributed by atoms with Gasteiger partial charge in [-0.05, 0) is 74.7 Å². The van der Waals surface area contributed by atoms with Crippen LogP contribution in [0.15, 0.2) is 71.5 Å². The van der Waals surface area contributed by atoms with Crippen LogP contribution in [0.4, 0.5) is 5.95 Å². The lowest BCUT2D eigenvalue weighted by molar-refractivity contribution is 0.0951. The van der Waals surface area contributed by atoms with Crippen LogP contribution in [0, 0.1) is 6.92 Å². The Balaban J connectivity index is 1.48. The molecule has 0 spiro atoms. The molecule has 0 unspecified atom stereocenters. The minimum Gasteiger partial charge on any atom is -0.494 e. The summed E-state index contributed by atoms with van der Waals surface area (Å²) in [5.41, 5.74) is 3.73. The fourth-order valence-electron chi connectivity index (χ4n) is 4.57. The van der Waals surface area contributed by atoms with E-state index in [9.17, 15) is 9.59 Å². The molecule has 0 radical (unpaired) electrons. The van der Waals surface area contributed by atoms with Gasteiger partial charge in [0.1, 0.15) is 5.75 Å². The molecule has 1 saturated heterocycles. The molecule has 0 aliphatic carbocycles. The molecule has 36 heavy (non-hydrogen) atoms. The monoisotopic (exact) mass is 482 g/mol. The first-order valence-corrected chi connectivity index (χ1v) is 12.4. The van der Waals surface area contributed by atoms with Gasteiger partial charge >= 0.3 is 0 Å². The Bertz CT molecular complexity index is 1450. The van der Waals surface area contributed by atoms with Crippen LogP contribution < -0.4 is 20.5 Å². The molecule has 1 fully saturated rings. The van der Waals surface area contributed by atoms with E-state index in [2.05, 4.69) is 10.2 Å². The first kappa shape index (κ1) is 23.6. The van der Waals surface area contributed by atoms with E-state index in [1.165, 1.54) is 0 Å². The van der Waals surface area contributed by atoms with Crippen molar-refractivity contribution in [2.75, 3.05) is 24.6 Å². The van der Waals surface area contributed by atoms with E-state index in [1.807, 2.05) is 62.4 Å². The Hall–Kier alpha value is -4.13. The van der Waals surface area contributed by atoms with Gasteiger partial charge in [0.15, 0.2) is 0 Å². The number of ether oxygens (including phenoxy) is 1. The minimum atomic E-state index is -0.217. The van der Waals surface area contributed by atoms with Gasteiger partial charge < -0.3 is 15.0 Å². The average Bonchev–Trinajstić information content (AvgIpc) is 3.43. The number of nitrogens with one attached hydrogen (secondary N) is 1. The van der Waals surface area contributed by atoms with Crippen LogP contribution in [-0.4, -0.2) is 35.2 Å². The predicted octanol–water partition coefficient (Wildman–Crippen LogP) is 4.62. The van der Waals surface area contributed by atoms with Gasteiger partial charge in [-0.1, -0.05) is 29.8 Å². The maximum atomic E-state index is 13.7. The molecular formula is C29H30N4O3. The molecule has 184 valence electrons. The van der Waals surface area contributed by atoms with Gasteiger partial charge in [0.05, 0.1) is 23.2 Å². The van der Waals surface area contributed by atoms with E-state index in [4.69, 9.17) is 9.72 Å². The first-order valence-electron chi connectivity index (χ1n) is 12.4. The number of hydrogen-bond acceptors (Lipinski definition) is 5. The van der Waals surface area contributed by atoms with Crippen LogP contribution in [0.1, 0.15) is 41.3 Å². The van der Waals surface area contributed by atoms with Crippen molar-refractivity contribution in [1.29, 1.82) is 0 Å². The molecule has 4 aromatic rings. The van der Waals surface area contributed by atoms with Gasteiger partial charge in [-0.2, -0.15) is 0 Å². The summed E-state index contributed by atoms with van der Waals surface area (Å²) in [7, 11) is 0. The highest BCUT2D eigenvalue weighted by molar-refractivity contribution is 5.97. The zero-order valence-electron chi connectivity index (χ0n) is 20.7. The molecule has 2 heterocycles. The highest BCUT2D eigenvalue weighted by Gasteiger charge is 2.21. The number of carbonyl (C=O) groups is 1. The minimum absolute atomic E-state index is 0.134. The average molecular weight is 483 g/mol. The zero-order valence-corrected chi connectivity index (χ0v) is 20.7. The van der Waals surface area contributed by atoms with Crippen molar-refractivity contribution < 1.29 is 9.53 Å². The summed E-state index contributed by atoms with van der Waals surface area (Å²) in [5.74, 6) is 1.18. The van der Waals surface area contributed by atoms with E-state index >= 15 is 0 Å². The maximum Gasteiger partial charge on any atom is 0.267 e. The van der Waals surface area contributed by atoms with Gasteiger partial charge in [0.25, 0.3) is 11.5 Å². The summed E-state index contributed by atoms with van der Waals surface area (Å²) in [6.07, 6.45) is 2.13. The van der Waals surface area contributed by atoms with Gasteiger partial charge in [-0.15, -0.1) is 0 Å². The fraction of sp³-hybridized carbons (Fsp3) is 0.276. The van der Waals surface area contributed by atoms with E-state index in [1.54, 1.807) is 22.8 Å². The SMILES string of the molecule is CCOc1cccc(CNC(=O)c2ccc3c(=O)n(-c4ccc(C)cc4)c(N4CCCC4)nc3c2)c1. The number of hydrogen-bond donors (Lipinski definition) is 1. The van der Waals surface area contributed by atoms with E-state index in [0.717, 1.165) is 48.5 Å². The van der Waals surface area contributed by atoms with Gasteiger partial charge in [0, 0.05) is 25.2 Å². The van der Waals surface area contributed by atoms with E-state index < -0.39 is 0 Å². The van der Waals surface area contributed by atoms with Gasteiger partial charge in [0.2, 0.25) is 5.95 Å². The number of amides is 1. The molecule has 1 aliphatic rings. The van der Waals surface area contributed by atoms with Crippen LogP contribution >= 0.6 is 0 Å². The molecule has 7 heteroatoms. The van der Waals surface area contributed by atoms with E-state index in [0.29, 0.717) is 35.6 Å². The number of carbonyl (C=O) groups excluding carboxylic acids is 1. The Morgan fingerprint density at radius 1 is 1.03 bits per heavy atom. The molecule has 1 aromatic heterocycles. The quantitative estimate of drug-likeness (QED) is 0.416. The predicted molar refractivity (Wildman–Crippen MR) is 142 cm³/mol. The summed E-state index contributed by atoms with van der Waals surface area (Å²) in [4.78, 5) is 33.7. The van der Waals surface area contributed by atoms with Crippen molar-refractivity contribution in [3.8, 4) is 11.4 Å². The second kappa shape index (κ2) is 10.2. The summed E-state index contributed by atoms with van der Waals surface area (Å²) in [6, 6.07) is 20.7. The molecule has 0 atom stereocenters. The molecule has 5 rings (SSSR count). The molecule has 0 bridgehead atoms. The molecule has 1 N–H and O–H groups in total. The number of fused-ring (bicyclic) bond motifs is 1. The van der Waals surface area contributed by atoms with Crippen LogP contribution in [0.25, 0.3) is 16.6 Å². The highest BCUT2D eigenvalue weighted by Crippen LogP contribution is 2.24. The number of nitrogens with zero attached hydrogens (tertiary/aromatic N) is 3. The molecule has 7 nitrogen and oxygen atoms in total. The van der Waals surface area contributed by atoms with Crippen LogP contribution in [0.5, 0.6) is 5.75 Å². The molecule has 0 saturated carbocycles. The molecule has 1 aliphatic heterocycles. The van der Waals surface area contributed by atoms with Crippen molar-refractivity contribution in [3.05, 3.63) is 93.8 Å². The van der Waals surface area contributed by atoms with Crippen molar-refractivity contribution in [3.63, 3.8) is 0 Å². The number of anilines is 1. The Labute approximate surface area is 210 Å². The molecule has 1 amide bonds. The second-order valence-electron chi connectivity index (χ2n) is 9.08. The van der Waals surface area contributed by atoms with Crippen LogP contribution in [0.3, 0.4) is 0 Å². The van der Waals surface area contributed by atoms with Crippen molar-refractivity contribution in [1.82, 2.24) is 14.9 Å². The first-order chi connectivity index (χ1) is 17.5. The van der Waals surface area contributed by atoms with Crippen molar-refractivity contribution in [2.45, 2.75) is 33.2 Å². The largest absolute Gasteiger partial charge is 0.494 e. The summed E-state index contributed by atoms with van der Waals surface area (Å²) in [5, 5.41) is 3.45.